The minimum Gasteiger partial charge on any atom is -0.469 e. The van der Waals surface area contributed by atoms with Gasteiger partial charge in [0.15, 0.2) is 0 Å². The molecule has 0 fully saturated rings. The normalized spacial score (nSPS) is 12.9. The number of hydrogen-bond donors (Lipinski definition) is 1. The molecule has 1 rings (SSSR count). The first-order valence-electron chi connectivity index (χ1n) is 6.61. The molecule has 1 unspecified atom stereocenters. The number of methoxy groups -OCH3 is 1. The lowest BCUT2D eigenvalue weighted by Crippen LogP contribution is -2.36. The summed E-state index contributed by atoms with van der Waals surface area (Å²) in [5.41, 5.74) is 1.07. The molecule has 0 aromatic heterocycles. The second kappa shape index (κ2) is 7.40. The number of nitrogens with one attached hydrogen (secondary N) is 1. The zero-order valence-corrected chi connectivity index (χ0v) is 12.9. The number of benzene rings is 1. The summed E-state index contributed by atoms with van der Waals surface area (Å²) in [5, 5.41) is 0. The summed E-state index contributed by atoms with van der Waals surface area (Å²) in [5.74, 6) is -0.430. The van der Waals surface area contributed by atoms with Gasteiger partial charge in [0.05, 0.1) is 18.4 Å². The van der Waals surface area contributed by atoms with E-state index in [1.807, 2.05) is 13.8 Å². The number of carbonyl (C=O) groups excluding carboxylic acids is 1. The van der Waals surface area contributed by atoms with Crippen LogP contribution in [-0.2, 0) is 26.0 Å². The van der Waals surface area contributed by atoms with Crippen molar-refractivity contribution in [1.82, 2.24) is 4.72 Å². The average molecular weight is 299 g/mol. The fourth-order valence-corrected chi connectivity index (χ4v) is 3.06. The lowest BCUT2D eigenvalue weighted by molar-refractivity contribution is -0.141. The van der Waals surface area contributed by atoms with E-state index in [2.05, 4.69) is 9.46 Å². The second-order valence-corrected chi connectivity index (χ2v) is 6.22. The van der Waals surface area contributed by atoms with Crippen molar-refractivity contribution in [3.63, 3.8) is 0 Å². The van der Waals surface area contributed by atoms with Crippen LogP contribution in [0.25, 0.3) is 0 Å². The van der Waals surface area contributed by atoms with Gasteiger partial charge >= 0.3 is 5.97 Å². The molecule has 0 aliphatic carbocycles. The summed E-state index contributed by atoms with van der Waals surface area (Å²) in [6.45, 7) is 3.82. The van der Waals surface area contributed by atoms with E-state index in [0.717, 1.165) is 12.0 Å². The molecular weight excluding hydrogens is 278 g/mol. The lowest BCUT2D eigenvalue weighted by Gasteiger charge is -2.16. The van der Waals surface area contributed by atoms with E-state index >= 15 is 0 Å². The lowest BCUT2D eigenvalue weighted by atomic mass is 10.2. The van der Waals surface area contributed by atoms with Gasteiger partial charge in [-0.05, 0) is 30.5 Å². The van der Waals surface area contributed by atoms with E-state index in [1.165, 1.54) is 7.11 Å². The number of esters is 1. The third-order valence-electron chi connectivity index (χ3n) is 3.10. The summed E-state index contributed by atoms with van der Waals surface area (Å²) >= 11 is 0. The van der Waals surface area contributed by atoms with E-state index in [4.69, 9.17) is 0 Å². The molecule has 0 heterocycles. The molecule has 1 atom stereocenters. The SMILES string of the molecule is CCc1ccc(S(=O)(=O)NC(CC)CC(=O)OC)cc1. The van der Waals surface area contributed by atoms with E-state index < -0.39 is 22.0 Å². The highest BCUT2D eigenvalue weighted by molar-refractivity contribution is 7.89. The summed E-state index contributed by atoms with van der Waals surface area (Å²) < 4.78 is 31.5. The van der Waals surface area contributed by atoms with Crippen molar-refractivity contribution >= 4 is 16.0 Å². The third kappa shape index (κ3) is 4.61. The Balaban J connectivity index is 2.83. The first kappa shape index (κ1) is 16.7. The first-order chi connectivity index (χ1) is 9.42. The molecule has 20 heavy (non-hydrogen) atoms. The van der Waals surface area contributed by atoms with E-state index in [9.17, 15) is 13.2 Å². The van der Waals surface area contributed by atoms with Crippen LogP contribution in [0.2, 0.25) is 0 Å². The maximum absolute atomic E-state index is 12.2. The monoisotopic (exact) mass is 299 g/mol. The number of hydrogen-bond acceptors (Lipinski definition) is 4. The molecule has 0 saturated heterocycles. The van der Waals surface area contributed by atoms with Crippen molar-refractivity contribution in [2.45, 2.75) is 44.0 Å². The summed E-state index contributed by atoms with van der Waals surface area (Å²) in [6, 6.07) is 6.27. The Bertz CT molecular complexity index is 537. The predicted molar refractivity (Wildman–Crippen MR) is 76.9 cm³/mol. The van der Waals surface area contributed by atoms with Gasteiger partial charge in [0.1, 0.15) is 0 Å². The van der Waals surface area contributed by atoms with Crippen LogP contribution in [0.15, 0.2) is 29.2 Å². The van der Waals surface area contributed by atoms with Crippen LogP contribution in [0.5, 0.6) is 0 Å². The molecule has 0 spiro atoms. The molecule has 0 aliphatic rings. The van der Waals surface area contributed by atoms with Crippen LogP contribution in [-0.4, -0.2) is 27.5 Å². The molecule has 0 amide bonds. The standard InChI is InChI=1S/C14H21NO4S/c1-4-11-6-8-13(9-7-11)20(17,18)15-12(5-2)10-14(16)19-3/h6-9,12,15H,4-5,10H2,1-3H3. The smallest absolute Gasteiger partial charge is 0.307 e. The van der Waals surface area contributed by atoms with Crippen molar-refractivity contribution in [1.29, 1.82) is 0 Å². The number of rotatable bonds is 7. The van der Waals surface area contributed by atoms with Crippen LogP contribution in [0.4, 0.5) is 0 Å². The molecule has 0 aliphatic heterocycles. The van der Waals surface area contributed by atoms with Crippen molar-refractivity contribution in [2.75, 3.05) is 7.11 Å². The highest BCUT2D eigenvalue weighted by Crippen LogP contribution is 2.13. The molecule has 1 N–H and O–H groups in total. The molecule has 0 radical (unpaired) electrons. The van der Waals surface area contributed by atoms with Crippen molar-refractivity contribution in [3.05, 3.63) is 29.8 Å². The van der Waals surface area contributed by atoms with Crippen molar-refractivity contribution in [3.8, 4) is 0 Å². The van der Waals surface area contributed by atoms with E-state index in [1.54, 1.807) is 24.3 Å². The van der Waals surface area contributed by atoms with Crippen LogP contribution in [0.1, 0.15) is 32.3 Å². The van der Waals surface area contributed by atoms with Gasteiger partial charge in [-0.15, -0.1) is 0 Å². The molecule has 5 nitrogen and oxygen atoms in total. The Morgan fingerprint density at radius 2 is 1.85 bits per heavy atom. The Hall–Kier alpha value is -1.40. The minimum atomic E-state index is -3.61. The minimum absolute atomic E-state index is 0.0271. The van der Waals surface area contributed by atoms with Crippen LogP contribution in [0, 0.1) is 0 Å². The van der Waals surface area contributed by atoms with Gasteiger partial charge in [0.2, 0.25) is 10.0 Å². The molecule has 1 aromatic carbocycles. The maximum Gasteiger partial charge on any atom is 0.307 e. The van der Waals surface area contributed by atoms with E-state index in [0.29, 0.717) is 6.42 Å². The first-order valence-corrected chi connectivity index (χ1v) is 8.09. The average Bonchev–Trinajstić information content (AvgIpc) is 2.46. The fraction of sp³-hybridized carbons (Fsp3) is 0.500. The molecule has 6 heteroatoms. The van der Waals surface area contributed by atoms with Gasteiger partial charge < -0.3 is 4.74 Å². The Morgan fingerprint density at radius 3 is 2.30 bits per heavy atom. The summed E-state index contributed by atoms with van der Waals surface area (Å²) in [7, 11) is -2.32. The van der Waals surface area contributed by atoms with Crippen LogP contribution in [0.3, 0.4) is 0 Å². The van der Waals surface area contributed by atoms with Gasteiger partial charge in [0, 0.05) is 6.04 Å². The third-order valence-corrected chi connectivity index (χ3v) is 4.63. The van der Waals surface area contributed by atoms with Crippen molar-refractivity contribution < 1.29 is 17.9 Å². The Kier molecular flexibility index (Phi) is 6.16. The van der Waals surface area contributed by atoms with Crippen molar-refractivity contribution in [2.24, 2.45) is 0 Å². The van der Waals surface area contributed by atoms with Gasteiger partial charge in [-0.2, -0.15) is 0 Å². The Labute approximate surface area is 120 Å². The second-order valence-electron chi connectivity index (χ2n) is 4.50. The zero-order valence-electron chi connectivity index (χ0n) is 12.0. The number of carbonyl (C=O) groups is 1. The highest BCUT2D eigenvalue weighted by Gasteiger charge is 2.21. The molecule has 112 valence electrons. The fourth-order valence-electron chi connectivity index (χ4n) is 1.75. The number of ether oxygens (including phenoxy) is 1. The highest BCUT2D eigenvalue weighted by atomic mass is 32.2. The quantitative estimate of drug-likeness (QED) is 0.780. The van der Waals surface area contributed by atoms with E-state index in [-0.39, 0.29) is 11.3 Å². The molecule has 0 saturated carbocycles. The Morgan fingerprint density at radius 1 is 1.25 bits per heavy atom. The van der Waals surface area contributed by atoms with Gasteiger partial charge in [0.25, 0.3) is 0 Å². The molecule has 0 bridgehead atoms. The van der Waals surface area contributed by atoms with Crippen LogP contribution >= 0.6 is 0 Å². The summed E-state index contributed by atoms with van der Waals surface area (Å²) in [4.78, 5) is 11.4. The van der Waals surface area contributed by atoms with Crippen LogP contribution < -0.4 is 4.72 Å². The zero-order chi connectivity index (χ0) is 15.2. The topological polar surface area (TPSA) is 72.5 Å². The predicted octanol–water partition coefficient (Wildman–Crippen LogP) is 1.87. The molecule has 1 aromatic rings. The number of sulfonamides is 1. The summed E-state index contributed by atoms with van der Waals surface area (Å²) in [6.07, 6.45) is 1.40. The van der Waals surface area contributed by atoms with Gasteiger partial charge in [-0.1, -0.05) is 26.0 Å². The largest absolute Gasteiger partial charge is 0.469 e. The van der Waals surface area contributed by atoms with Gasteiger partial charge in [-0.25, -0.2) is 13.1 Å². The number of aryl methyl sites for hydroxylation is 1. The maximum atomic E-state index is 12.2. The van der Waals surface area contributed by atoms with Gasteiger partial charge in [-0.3, -0.25) is 4.79 Å². The molecular formula is C14H21NO4S.